The van der Waals surface area contributed by atoms with Crippen molar-refractivity contribution in [3.63, 3.8) is 0 Å². The number of rotatable bonds is 4. The van der Waals surface area contributed by atoms with E-state index in [2.05, 4.69) is 0 Å². The third-order valence-corrected chi connectivity index (χ3v) is 9.08. The molecule has 0 aromatic rings. The summed E-state index contributed by atoms with van der Waals surface area (Å²) in [6.07, 6.45) is 0.434. The first-order valence-electron chi connectivity index (χ1n) is 3.92. The summed E-state index contributed by atoms with van der Waals surface area (Å²) in [5.74, 6) is 0. The van der Waals surface area contributed by atoms with E-state index in [1.54, 1.807) is 6.92 Å². The molecule has 0 rings (SSSR count). The fraction of sp³-hybridized carbons (Fsp3) is 0.714. The number of carbonyl (C=O) groups excluding carboxylic acids is 2. The molecular weight excluding hydrogens is 196 g/mol. The zero-order chi connectivity index (χ0) is 10.0. The van der Waals surface area contributed by atoms with Gasteiger partial charge in [0, 0.05) is 0 Å². The molecule has 71 valence electrons. The summed E-state index contributed by atoms with van der Waals surface area (Å²) in [4.78, 5) is 22.0. The van der Waals surface area contributed by atoms with Crippen LogP contribution < -0.4 is 0 Å². The fourth-order valence-corrected chi connectivity index (χ4v) is 4.43. The Hall–Kier alpha value is -0.0257. The first-order valence-corrected chi connectivity index (χ1v) is 7.98. The van der Waals surface area contributed by atoms with Crippen LogP contribution in [-0.2, 0) is 25.7 Å². The van der Waals surface area contributed by atoms with Gasteiger partial charge in [-0.05, 0) is 0 Å². The van der Waals surface area contributed by atoms with Gasteiger partial charge in [-0.1, -0.05) is 0 Å². The van der Waals surface area contributed by atoms with E-state index in [1.807, 2.05) is 0 Å². The molecule has 0 radical (unpaired) electrons. The van der Waals surface area contributed by atoms with Gasteiger partial charge in [0.05, 0.1) is 0 Å². The predicted octanol–water partition coefficient (Wildman–Crippen LogP) is 0.412. The Morgan fingerprint density at radius 3 is 1.58 bits per heavy atom. The molecule has 0 aliphatic heterocycles. The first-order chi connectivity index (χ1) is 5.24. The topological polar surface area (TPSA) is 74.6 Å². The maximum absolute atomic E-state index is 11.0. The second-order valence-electron chi connectivity index (χ2n) is 3.20. The Labute approximate surface area is 73.4 Å². The molecule has 0 amide bonds. The standard InChI is InChI=1S/C3H7.2C2H3O.2H2O.Ti/c1-3-2;2*1-2-3;;;/h1,3H2,2H3;2*1H3;2*1H2;/q;;;;;+2/p-2. The van der Waals surface area contributed by atoms with Crippen LogP contribution in [-0.4, -0.2) is 15.6 Å². The second kappa shape index (κ2) is 3.38. The molecule has 0 fully saturated rings. The summed E-state index contributed by atoms with van der Waals surface area (Å²) in [7, 11) is 0. The van der Waals surface area contributed by atoms with Crippen LogP contribution in [0.25, 0.3) is 0 Å². The summed E-state index contributed by atoms with van der Waals surface area (Å²) in [6.45, 7) is 3.86. The van der Waals surface area contributed by atoms with Crippen LogP contribution in [0, 0.1) is 0 Å². The normalized spacial score (nSPS) is 14.9. The summed E-state index contributed by atoms with van der Waals surface area (Å²) in [6, 6.07) is 0. The van der Waals surface area contributed by atoms with E-state index >= 15 is 0 Å². The second-order valence-corrected chi connectivity index (χ2v) is 10.4. The summed E-state index contributed by atoms with van der Waals surface area (Å²) >= 11 is -5.35. The predicted molar refractivity (Wildman–Crippen MR) is 40.9 cm³/mol. The Balaban J connectivity index is 5.08. The van der Waals surface area contributed by atoms with E-state index in [0.717, 1.165) is 13.8 Å². The average Bonchev–Trinajstić information content (AvgIpc) is 1.87. The zero-order valence-electron chi connectivity index (χ0n) is 7.63. The van der Waals surface area contributed by atoms with Crippen molar-refractivity contribution in [3.05, 3.63) is 0 Å². The summed E-state index contributed by atoms with van der Waals surface area (Å²) < 4.78 is 17.8. The van der Waals surface area contributed by atoms with Crippen molar-refractivity contribution in [2.24, 2.45) is 0 Å². The van der Waals surface area contributed by atoms with Gasteiger partial charge in [-0.3, -0.25) is 0 Å². The maximum atomic E-state index is 11.0. The monoisotopic (exact) mass is 211 g/mol. The molecule has 0 saturated carbocycles. The molecule has 0 heterocycles. The van der Waals surface area contributed by atoms with E-state index in [-0.39, 0.29) is 4.73 Å². The molecule has 0 bridgehead atoms. The molecule has 0 aromatic carbocycles. The Bertz CT molecular complexity index is 203. The van der Waals surface area contributed by atoms with Crippen LogP contribution in [0.15, 0.2) is 0 Å². The Morgan fingerprint density at radius 2 is 1.50 bits per heavy atom. The third-order valence-electron chi connectivity index (χ3n) is 2.20. The van der Waals surface area contributed by atoms with Crippen molar-refractivity contribution in [3.8, 4) is 0 Å². The molecule has 0 aliphatic rings. The minimum absolute atomic E-state index is 0.0676. The van der Waals surface area contributed by atoms with E-state index in [0.29, 0.717) is 6.42 Å². The van der Waals surface area contributed by atoms with Crippen molar-refractivity contribution in [2.75, 3.05) is 0 Å². The molecular formula is C7H15O4Ti. The SMILES string of the molecule is CC[CH2][Ti]([OH])([OH])([C](C)=O)[C](C)=O. The minimum atomic E-state index is -5.35. The van der Waals surface area contributed by atoms with Gasteiger partial charge < -0.3 is 0 Å². The van der Waals surface area contributed by atoms with Crippen LogP contribution in [0.4, 0.5) is 0 Å². The van der Waals surface area contributed by atoms with Gasteiger partial charge in [-0.2, -0.15) is 0 Å². The van der Waals surface area contributed by atoms with Gasteiger partial charge in [0.25, 0.3) is 0 Å². The summed E-state index contributed by atoms with van der Waals surface area (Å²) in [5.41, 5.74) is 0. The third kappa shape index (κ3) is 1.83. The van der Waals surface area contributed by atoms with Gasteiger partial charge in [-0.15, -0.1) is 0 Å². The van der Waals surface area contributed by atoms with Crippen molar-refractivity contribution in [1.82, 2.24) is 0 Å². The Kier molecular flexibility index (Phi) is 3.37. The van der Waals surface area contributed by atoms with Gasteiger partial charge in [0.15, 0.2) is 0 Å². The molecule has 0 spiro atoms. The number of hydrogen-bond donors (Lipinski definition) is 2. The van der Waals surface area contributed by atoms with Crippen LogP contribution in [0.1, 0.15) is 27.2 Å². The van der Waals surface area contributed by atoms with Gasteiger partial charge in [0.1, 0.15) is 0 Å². The number of carbonyl (C=O) groups is 2. The van der Waals surface area contributed by atoms with Crippen LogP contribution in [0.5, 0.6) is 0 Å². The van der Waals surface area contributed by atoms with Gasteiger partial charge in [0.2, 0.25) is 0 Å². The van der Waals surface area contributed by atoms with E-state index in [4.69, 9.17) is 0 Å². The fourth-order valence-electron chi connectivity index (χ4n) is 1.07. The van der Waals surface area contributed by atoms with E-state index < -0.39 is 24.3 Å². The molecule has 0 aliphatic carbocycles. The van der Waals surface area contributed by atoms with E-state index in [9.17, 15) is 17.0 Å². The Morgan fingerprint density at radius 1 is 1.17 bits per heavy atom. The molecule has 0 atom stereocenters. The van der Waals surface area contributed by atoms with E-state index in [1.165, 1.54) is 0 Å². The van der Waals surface area contributed by atoms with Gasteiger partial charge >= 0.3 is 73.1 Å². The van der Waals surface area contributed by atoms with Crippen molar-refractivity contribution < 1.29 is 33.0 Å². The molecule has 0 aromatic heterocycles. The average molecular weight is 211 g/mol. The number of hydrogen-bond acceptors (Lipinski definition) is 4. The van der Waals surface area contributed by atoms with Crippen LogP contribution in [0.2, 0.25) is 4.73 Å². The van der Waals surface area contributed by atoms with Crippen LogP contribution in [0.3, 0.4) is 0 Å². The quantitative estimate of drug-likeness (QED) is 0.660. The van der Waals surface area contributed by atoms with Crippen molar-refractivity contribution in [1.29, 1.82) is 0 Å². The molecule has 0 unspecified atom stereocenters. The molecule has 0 saturated heterocycles. The molecule has 12 heavy (non-hydrogen) atoms. The van der Waals surface area contributed by atoms with Crippen molar-refractivity contribution >= 4 is 8.18 Å². The van der Waals surface area contributed by atoms with Gasteiger partial charge in [-0.25, -0.2) is 0 Å². The molecule has 4 nitrogen and oxygen atoms in total. The van der Waals surface area contributed by atoms with Crippen molar-refractivity contribution in [2.45, 2.75) is 31.9 Å². The molecule has 2 N–H and O–H groups in total. The zero-order valence-corrected chi connectivity index (χ0v) is 9.19. The van der Waals surface area contributed by atoms with Crippen LogP contribution >= 0.6 is 0 Å². The summed E-state index contributed by atoms with van der Waals surface area (Å²) in [5, 5.41) is 0. The first kappa shape index (κ1) is 12.0. The molecule has 5 heteroatoms.